The third-order valence-corrected chi connectivity index (χ3v) is 3.82. The molecule has 0 amide bonds. The van der Waals surface area contributed by atoms with Gasteiger partial charge in [0.15, 0.2) is 5.82 Å². The molecule has 0 aliphatic carbocycles. The first kappa shape index (κ1) is 16.2. The standard InChI is InChI=1S/C18H18ClN5/c1-12-3-5-14(6-4-12)10-20-17-11-21-24-18(23-17)22-16-8-7-15(19)9-13(16)2/h3-9,11H,10H2,1-2H3,(H2,20,22,23,24). The summed E-state index contributed by atoms with van der Waals surface area (Å²) in [7, 11) is 0. The van der Waals surface area contributed by atoms with Gasteiger partial charge in [-0.3, -0.25) is 0 Å². The molecule has 1 aromatic heterocycles. The van der Waals surface area contributed by atoms with Crippen molar-refractivity contribution in [3.8, 4) is 0 Å². The summed E-state index contributed by atoms with van der Waals surface area (Å²) in [5, 5.41) is 15.1. The first-order chi connectivity index (χ1) is 11.6. The first-order valence-electron chi connectivity index (χ1n) is 7.62. The Labute approximate surface area is 146 Å². The Hall–Kier alpha value is -2.66. The zero-order valence-corrected chi connectivity index (χ0v) is 14.3. The van der Waals surface area contributed by atoms with E-state index in [9.17, 15) is 0 Å². The van der Waals surface area contributed by atoms with Crippen LogP contribution in [0.5, 0.6) is 0 Å². The maximum Gasteiger partial charge on any atom is 0.249 e. The number of rotatable bonds is 5. The fraction of sp³-hybridized carbons (Fsp3) is 0.167. The molecule has 6 heteroatoms. The summed E-state index contributed by atoms with van der Waals surface area (Å²) in [4.78, 5) is 4.44. The van der Waals surface area contributed by atoms with E-state index >= 15 is 0 Å². The number of nitrogens with one attached hydrogen (secondary N) is 2. The number of aryl methyl sites for hydroxylation is 2. The molecule has 5 nitrogen and oxygen atoms in total. The van der Waals surface area contributed by atoms with Crippen LogP contribution in [0.3, 0.4) is 0 Å². The quantitative estimate of drug-likeness (QED) is 0.716. The number of anilines is 3. The van der Waals surface area contributed by atoms with Crippen LogP contribution in [0.4, 0.5) is 17.5 Å². The van der Waals surface area contributed by atoms with Gasteiger partial charge in [-0.25, -0.2) is 0 Å². The summed E-state index contributed by atoms with van der Waals surface area (Å²) in [6.07, 6.45) is 1.61. The van der Waals surface area contributed by atoms with Crippen molar-refractivity contribution in [3.63, 3.8) is 0 Å². The third-order valence-electron chi connectivity index (χ3n) is 3.59. The Kier molecular flexibility index (Phi) is 4.91. The Bertz CT molecular complexity index is 833. The SMILES string of the molecule is Cc1ccc(CNc2cnnc(Nc3ccc(Cl)cc3C)n2)cc1. The molecule has 1 heterocycles. The van der Waals surface area contributed by atoms with Gasteiger partial charge in [0.1, 0.15) is 0 Å². The van der Waals surface area contributed by atoms with Crippen LogP contribution in [0.1, 0.15) is 16.7 Å². The van der Waals surface area contributed by atoms with Crippen molar-refractivity contribution in [2.75, 3.05) is 10.6 Å². The smallest absolute Gasteiger partial charge is 0.249 e. The maximum absolute atomic E-state index is 5.97. The highest BCUT2D eigenvalue weighted by atomic mass is 35.5. The van der Waals surface area contributed by atoms with Gasteiger partial charge < -0.3 is 10.6 Å². The number of hydrogen-bond acceptors (Lipinski definition) is 5. The predicted molar refractivity (Wildman–Crippen MR) is 97.8 cm³/mol. The van der Waals surface area contributed by atoms with E-state index in [1.54, 1.807) is 6.20 Å². The van der Waals surface area contributed by atoms with E-state index in [1.807, 2.05) is 25.1 Å². The molecule has 0 saturated carbocycles. The molecule has 122 valence electrons. The van der Waals surface area contributed by atoms with E-state index in [1.165, 1.54) is 11.1 Å². The molecule has 3 aromatic rings. The third kappa shape index (κ3) is 4.20. The van der Waals surface area contributed by atoms with Crippen LogP contribution in [0.15, 0.2) is 48.7 Å². The van der Waals surface area contributed by atoms with Crippen LogP contribution in [0.2, 0.25) is 5.02 Å². The molecule has 0 aliphatic rings. The lowest BCUT2D eigenvalue weighted by Crippen LogP contribution is -2.06. The molecular weight excluding hydrogens is 322 g/mol. The summed E-state index contributed by atoms with van der Waals surface area (Å²) >= 11 is 5.97. The summed E-state index contributed by atoms with van der Waals surface area (Å²) in [5.74, 6) is 1.11. The maximum atomic E-state index is 5.97. The lowest BCUT2D eigenvalue weighted by atomic mass is 10.1. The van der Waals surface area contributed by atoms with Crippen LogP contribution in [-0.4, -0.2) is 15.2 Å². The van der Waals surface area contributed by atoms with Crippen molar-refractivity contribution in [1.29, 1.82) is 0 Å². The average Bonchev–Trinajstić information content (AvgIpc) is 2.57. The minimum Gasteiger partial charge on any atom is -0.365 e. The van der Waals surface area contributed by atoms with Crippen molar-refractivity contribution in [2.24, 2.45) is 0 Å². The van der Waals surface area contributed by atoms with Gasteiger partial charge in [0.2, 0.25) is 5.95 Å². The molecule has 0 unspecified atom stereocenters. The Morgan fingerprint density at radius 3 is 2.58 bits per heavy atom. The largest absolute Gasteiger partial charge is 0.365 e. The van der Waals surface area contributed by atoms with Crippen molar-refractivity contribution in [2.45, 2.75) is 20.4 Å². The highest BCUT2D eigenvalue weighted by molar-refractivity contribution is 6.30. The molecule has 0 aliphatic heterocycles. The van der Waals surface area contributed by atoms with Crippen molar-refractivity contribution >= 4 is 29.1 Å². The molecule has 0 fully saturated rings. The Morgan fingerprint density at radius 2 is 1.83 bits per heavy atom. The minimum absolute atomic E-state index is 0.439. The van der Waals surface area contributed by atoms with Gasteiger partial charge in [-0.1, -0.05) is 41.4 Å². The molecular formula is C18H18ClN5. The van der Waals surface area contributed by atoms with E-state index in [-0.39, 0.29) is 0 Å². The first-order valence-corrected chi connectivity index (χ1v) is 8.00. The molecule has 0 spiro atoms. The monoisotopic (exact) mass is 339 g/mol. The zero-order chi connectivity index (χ0) is 16.9. The second-order valence-corrected chi connectivity index (χ2v) is 6.03. The topological polar surface area (TPSA) is 62.7 Å². The molecule has 0 radical (unpaired) electrons. The predicted octanol–water partition coefficient (Wildman–Crippen LogP) is 4.50. The Balaban J connectivity index is 1.68. The van der Waals surface area contributed by atoms with E-state index in [2.05, 4.69) is 57.0 Å². The highest BCUT2D eigenvalue weighted by Gasteiger charge is 2.04. The lowest BCUT2D eigenvalue weighted by Gasteiger charge is -2.10. The minimum atomic E-state index is 0.439. The summed E-state index contributed by atoms with van der Waals surface area (Å²) < 4.78 is 0. The zero-order valence-electron chi connectivity index (χ0n) is 13.5. The molecule has 24 heavy (non-hydrogen) atoms. The molecule has 3 rings (SSSR count). The van der Waals surface area contributed by atoms with Gasteiger partial charge >= 0.3 is 0 Å². The Morgan fingerprint density at radius 1 is 1.04 bits per heavy atom. The van der Waals surface area contributed by atoms with Gasteiger partial charge in [-0.2, -0.15) is 10.1 Å². The van der Waals surface area contributed by atoms with Crippen LogP contribution >= 0.6 is 11.6 Å². The molecule has 0 saturated heterocycles. The average molecular weight is 340 g/mol. The van der Waals surface area contributed by atoms with Crippen molar-refractivity contribution < 1.29 is 0 Å². The van der Waals surface area contributed by atoms with E-state index < -0.39 is 0 Å². The second-order valence-electron chi connectivity index (χ2n) is 5.59. The molecule has 0 atom stereocenters. The normalized spacial score (nSPS) is 10.5. The van der Waals surface area contributed by atoms with Crippen LogP contribution in [-0.2, 0) is 6.54 Å². The van der Waals surface area contributed by atoms with Gasteiger partial charge in [0, 0.05) is 17.3 Å². The summed E-state index contributed by atoms with van der Waals surface area (Å²) in [5.41, 5.74) is 4.34. The fourth-order valence-electron chi connectivity index (χ4n) is 2.23. The number of hydrogen-bond donors (Lipinski definition) is 2. The van der Waals surface area contributed by atoms with Crippen LogP contribution in [0, 0.1) is 13.8 Å². The number of aromatic nitrogens is 3. The van der Waals surface area contributed by atoms with Gasteiger partial charge in [0.25, 0.3) is 0 Å². The van der Waals surface area contributed by atoms with Gasteiger partial charge in [-0.05, 0) is 43.2 Å². The van der Waals surface area contributed by atoms with Crippen molar-refractivity contribution in [1.82, 2.24) is 15.2 Å². The second kappa shape index (κ2) is 7.27. The van der Waals surface area contributed by atoms with E-state index in [0.29, 0.717) is 23.3 Å². The molecule has 2 N–H and O–H groups in total. The number of nitrogens with zero attached hydrogens (tertiary/aromatic N) is 3. The highest BCUT2D eigenvalue weighted by Crippen LogP contribution is 2.22. The summed E-state index contributed by atoms with van der Waals surface area (Å²) in [6.45, 7) is 4.72. The molecule has 0 bridgehead atoms. The van der Waals surface area contributed by atoms with Crippen LogP contribution < -0.4 is 10.6 Å². The van der Waals surface area contributed by atoms with E-state index in [4.69, 9.17) is 11.6 Å². The summed E-state index contributed by atoms with van der Waals surface area (Å²) in [6, 6.07) is 14.0. The number of halogens is 1. The lowest BCUT2D eigenvalue weighted by molar-refractivity contribution is 0.965. The van der Waals surface area contributed by atoms with E-state index in [0.717, 1.165) is 11.3 Å². The van der Waals surface area contributed by atoms with Crippen LogP contribution in [0.25, 0.3) is 0 Å². The molecule has 2 aromatic carbocycles. The van der Waals surface area contributed by atoms with Gasteiger partial charge in [0.05, 0.1) is 6.20 Å². The fourth-order valence-corrected chi connectivity index (χ4v) is 2.45. The van der Waals surface area contributed by atoms with Crippen molar-refractivity contribution in [3.05, 3.63) is 70.4 Å². The number of benzene rings is 2. The van der Waals surface area contributed by atoms with Gasteiger partial charge in [-0.15, -0.1) is 5.10 Å².